The molecule has 3 heteroatoms. The molecule has 0 saturated heterocycles. The lowest BCUT2D eigenvalue weighted by molar-refractivity contribution is 0.385. The zero-order valence-electron chi connectivity index (χ0n) is 11.4. The van der Waals surface area contributed by atoms with Crippen LogP contribution < -0.4 is 4.74 Å². The van der Waals surface area contributed by atoms with Gasteiger partial charge >= 0.3 is 0 Å². The number of ether oxygens (including phenoxy) is 1. The summed E-state index contributed by atoms with van der Waals surface area (Å²) >= 11 is 3.73. The quantitative estimate of drug-likeness (QED) is 0.605. The highest BCUT2D eigenvalue weighted by atomic mass is 79.9. The summed E-state index contributed by atoms with van der Waals surface area (Å²) in [6.45, 7) is 4.38. The molecule has 0 aliphatic rings. The van der Waals surface area contributed by atoms with Crippen LogP contribution in [0.3, 0.4) is 0 Å². The van der Waals surface area contributed by atoms with E-state index < -0.39 is 0 Å². The maximum absolute atomic E-state index is 13.7. The fourth-order valence-corrected chi connectivity index (χ4v) is 3.12. The summed E-state index contributed by atoms with van der Waals surface area (Å²) in [6, 6.07) is 5.23. The van der Waals surface area contributed by atoms with E-state index >= 15 is 0 Å². The molecular formula is C15H22BrFO. The van der Waals surface area contributed by atoms with Crippen LogP contribution in [-0.4, -0.2) is 7.11 Å². The number of benzene rings is 1. The molecular weight excluding hydrogens is 295 g/mol. The van der Waals surface area contributed by atoms with Crippen LogP contribution in [0, 0.1) is 11.7 Å². The Morgan fingerprint density at radius 2 is 1.83 bits per heavy atom. The van der Waals surface area contributed by atoms with Crippen LogP contribution in [0.15, 0.2) is 18.2 Å². The highest BCUT2D eigenvalue weighted by Gasteiger charge is 2.20. The van der Waals surface area contributed by atoms with E-state index in [1.807, 2.05) is 6.07 Å². The summed E-state index contributed by atoms with van der Waals surface area (Å²) in [5.74, 6) is 0.583. The molecule has 18 heavy (non-hydrogen) atoms. The van der Waals surface area contributed by atoms with Crippen molar-refractivity contribution in [2.75, 3.05) is 7.11 Å². The summed E-state index contributed by atoms with van der Waals surface area (Å²) in [4.78, 5) is 0.220. The monoisotopic (exact) mass is 316 g/mol. The van der Waals surface area contributed by atoms with Crippen molar-refractivity contribution >= 4 is 15.9 Å². The van der Waals surface area contributed by atoms with Crippen LogP contribution in [0.25, 0.3) is 0 Å². The van der Waals surface area contributed by atoms with Gasteiger partial charge in [0.2, 0.25) is 0 Å². The lowest BCUT2D eigenvalue weighted by Gasteiger charge is -2.22. The third-order valence-electron chi connectivity index (χ3n) is 3.23. The second-order valence-corrected chi connectivity index (χ2v) is 5.62. The van der Waals surface area contributed by atoms with Gasteiger partial charge in [0, 0.05) is 4.83 Å². The number of methoxy groups -OCH3 is 1. The molecule has 1 nitrogen and oxygen atoms in total. The Hall–Kier alpha value is -0.570. The van der Waals surface area contributed by atoms with Crippen molar-refractivity contribution < 1.29 is 9.13 Å². The summed E-state index contributed by atoms with van der Waals surface area (Å²) < 4.78 is 18.6. The third kappa shape index (κ3) is 3.98. The lowest BCUT2D eigenvalue weighted by Crippen LogP contribution is -2.08. The Labute approximate surface area is 118 Å². The molecule has 1 aromatic rings. The minimum absolute atomic E-state index is 0.220. The van der Waals surface area contributed by atoms with Crippen LogP contribution in [0.5, 0.6) is 5.75 Å². The Morgan fingerprint density at radius 3 is 2.28 bits per heavy atom. The van der Waals surface area contributed by atoms with Gasteiger partial charge in [-0.15, -0.1) is 0 Å². The van der Waals surface area contributed by atoms with E-state index in [1.165, 1.54) is 7.11 Å². The molecule has 1 rings (SSSR count). The molecule has 0 saturated carbocycles. The molecule has 1 atom stereocenters. The third-order valence-corrected chi connectivity index (χ3v) is 4.50. The van der Waals surface area contributed by atoms with E-state index in [2.05, 4.69) is 29.8 Å². The molecule has 0 bridgehead atoms. The molecule has 1 unspecified atom stereocenters. The second-order valence-electron chi connectivity index (χ2n) is 4.63. The van der Waals surface area contributed by atoms with Gasteiger partial charge in [-0.05, 0) is 36.5 Å². The molecule has 0 fully saturated rings. The van der Waals surface area contributed by atoms with Crippen molar-refractivity contribution in [1.82, 2.24) is 0 Å². The molecule has 0 heterocycles. The molecule has 0 N–H and O–H groups in total. The van der Waals surface area contributed by atoms with Gasteiger partial charge < -0.3 is 4.74 Å². The van der Waals surface area contributed by atoms with Crippen molar-refractivity contribution in [2.45, 2.75) is 44.4 Å². The van der Waals surface area contributed by atoms with E-state index in [4.69, 9.17) is 4.74 Å². The molecule has 0 aliphatic heterocycles. The number of hydrogen-bond donors (Lipinski definition) is 0. The van der Waals surface area contributed by atoms with Crippen molar-refractivity contribution in [1.29, 1.82) is 0 Å². The molecule has 1 aromatic carbocycles. The van der Waals surface area contributed by atoms with Crippen molar-refractivity contribution in [3.05, 3.63) is 29.6 Å². The van der Waals surface area contributed by atoms with Crippen LogP contribution in [-0.2, 0) is 0 Å². The average Bonchev–Trinajstić information content (AvgIpc) is 2.37. The van der Waals surface area contributed by atoms with Crippen LogP contribution in [0.1, 0.15) is 49.9 Å². The Balaban J connectivity index is 2.86. The predicted molar refractivity (Wildman–Crippen MR) is 77.9 cm³/mol. The predicted octanol–water partition coefficient (Wildman–Crippen LogP) is 5.49. The zero-order valence-corrected chi connectivity index (χ0v) is 13.0. The smallest absolute Gasteiger partial charge is 0.165 e. The normalized spacial score (nSPS) is 12.8. The second kappa shape index (κ2) is 7.78. The highest BCUT2D eigenvalue weighted by Crippen LogP contribution is 2.37. The Bertz CT molecular complexity index is 362. The van der Waals surface area contributed by atoms with Crippen molar-refractivity contribution in [3.8, 4) is 5.75 Å². The van der Waals surface area contributed by atoms with E-state index in [9.17, 15) is 4.39 Å². The van der Waals surface area contributed by atoms with E-state index in [0.29, 0.717) is 11.7 Å². The van der Waals surface area contributed by atoms with Gasteiger partial charge in [0.25, 0.3) is 0 Å². The first-order chi connectivity index (χ1) is 8.63. The van der Waals surface area contributed by atoms with Crippen LogP contribution in [0.2, 0.25) is 0 Å². The van der Waals surface area contributed by atoms with Crippen LogP contribution >= 0.6 is 15.9 Å². The molecule has 0 amide bonds. The summed E-state index contributed by atoms with van der Waals surface area (Å²) in [7, 11) is 1.49. The maximum Gasteiger partial charge on any atom is 0.165 e. The van der Waals surface area contributed by atoms with Gasteiger partial charge in [-0.3, -0.25) is 0 Å². The molecule has 102 valence electrons. The average molecular weight is 317 g/mol. The number of alkyl halides is 1. The van der Waals surface area contributed by atoms with E-state index in [0.717, 1.165) is 31.2 Å². The number of halogens is 2. The molecule has 0 spiro atoms. The summed E-state index contributed by atoms with van der Waals surface area (Å²) in [5.41, 5.74) is 1.00. The minimum Gasteiger partial charge on any atom is -0.494 e. The first-order valence-electron chi connectivity index (χ1n) is 6.61. The SMILES string of the molecule is CCCC(CCC)C(Br)c1ccc(OC)c(F)c1. The van der Waals surface area contributed by atoms with Crippen molar-refractivity contribution in [2.24, 2.45) is 5.92 Å². The largest absolute Gasteiger partial charge is 0.494 e. The fraction of sp³-hybridized carbons (Fsp3) is 0.600. The Kier molecular flexibility index (Phi) is 6.69. The highest BCUT2D eigenvalue weighted by molar-refractivity contribution is 9.09. The minimum atomic E-state index is -0.286. The summed E-state index contributed by atoms with van der Waals surface area (Å²) in [6.07, 6.45) is 4.64. The maximum atomic E-state index is 13.7. The van der Waals surface area contributed by atoms with Gasteiger partial charge in [0.05, 0.1) is 7.11 Å². The summed E-state index contributed by atoms with van der Waals surface area (Å²) in [5, 5.41) is 0. The zero-order chi connectivity index (χ0) is 13.5. The number of rotatable bonds is 7. The number of hydrogen-bond acceptors (Lipinski definition) is 1. The van der Waals surface area contributed by atoms with E-state index in [-0.39, 0.29) is 10.6 Å². The first-order valence-corrected chi connectivity index (χ1v) is 7.53. The first kappa shape index (κ1) is 15.5. The van der Waals surface area contributed by atoms with Gasteiger partial charge in [0.1, 0.15) is 0 Å². The molecule has 0 radical (unpaired) electrons. The van der Waals surface area contributed by atoms with Gasteiger partial charge in [-0.2, -0.15) is 0 Å². The van der Waals surface area contributed by atoms with Gasteiger partial charge in [-0.25, -0.2) is 4.39 Å². The fourth-order valence-electron chi connectivity index (χ4n) is 2.30. The van der Waals surface area contributed by atoms with Gasteiger partial charge in [0.15, 0.2) is 11.6 Å². The Morgan fingerprint density at radius 1 is 1.22 bits per heavy atom. The molecule has 0 aromatic heterocycles. The lowest BCUT2D eigenvalue weighted by atomic mass is 9.91. The molecule has 0 aliphatic carbocycles. The van der Waals surface area contributed by atoms with E-state index in [1.54, 1.807) is 12.1 Å². The topological polar surface area (TPSA) is 9.23 Å². The van der Waals surface area contributed by atoms with Crippen LogP contribution in [0.4, 0.5) is 4.39 Å². The van der Waals surface area contributed by atoms with Crippen molar-refractivity contribution in [3.63, 3.8) is 0 Å². The standard InChI is InChI=1S/C15H22BrFO/c1-4-6-11(7-5-2)15(16)12-8-9-14(18-3)13(17)10-12/h8-11,15H,4-7H2,1-3H3. The van der Waals surface area contributed by atoms with Gasteiger partial charge in [-0.1, -0.05) is 48.7 Å².